The normalized spacial score (nSPS) is 31.2. The number of nitrogens with two attached hydrogens (primary N) is 1. The van der Waals surface area contributed by atoms with Gasteiger partial charge in [0.15, 0.2) is 0 Å². The Morgan fingerprint density at radius 2 is 1.69 bits per heavy atom. The average Bonchev–Trinajstić information content (AvgIpc) is 3.23. The van der Waals surface area contributed by atoms with Gasteiger partial charge in [-0.1, -0.05) is 17.7 Å². The first-order chi connectivity index (χ1) is 12.5. The van der Waals surface area contributed by atoms with Crippen LogP contribution in [-0.2, 0) is 4.79 Å². The first-order valence-corrected chi connectivity index (χ1v) is 9.95. The van der Waals surface area contributed by atoms with Crippen molar-refractivity contribution in [3.8, 4) is 0 Å². The fourth-order valence-electron chi connectivity index (χ4n) is 5.13. The second-order valence-electron chi connectivity index (χ2n) is 8.38. The van der Waals surface area contributed by atoms with Crippen LogP contribution in [0.15, 0.2) is 24.3 Å². The molecule has 3 aliphatic rings. The molecule has 0 radical (unpaired) electrons. The van der Waals surface area contributed by atoms with Crippen LogP contribution in [0.1, 0.15) is 48.0 Å². The zero-order valence-electron chi connectivity index (χ0n) is 15.5. The third kappa shape index (κ3) is 3.25. The number of carbonyl (C=O) groups excluding carboxylic acids is 2. The predicted octanol–water partition coefficient (Wildman–Crippen LogP) is 2.09. The predicted molar refractivity (Wildman–Crippen MR) is 101 cm³/mol. The Balaban J connectivity index is 1.29. The minimum Gasteiger partial charge on any atom is -0.353 e. The third-order valence-electron chi connectivity index (χ3n) is 6.71. The Hall–Kier alpha value is -1.88. The maximum atomic E-state index is 12.7. The summed E-state index contributed by atoms with van der Waals surface area (Å²) in [5.41, 5.74) is 8.19. The number of carbonyl (C=O) groups is 2. The molecule has 3 fully saturated rings. The Morgan fingerprint density at radius 3 is 2.31 bits per heavy atom. The zero-order chi connectivity index (χ0) is 18.3. The van der Waals surface area contributed by atoms with E-state index in [1.165, 1.54) is 6.42 Å². The molecule has 0 aromatic heterocycles. The second-order valence-corrected chi connectivity index (χ2v) is 8.38. The molecular formula is C21H29N3O2. The molecule has 1 heterocycles. The van der Waals surface area contributed by atoms with Crippen molar-refractivity contribution in [3.63, 3.8) is 0 Å². The molecule has 4 rings (SSSR count). The lowest BCUT2D eigenvalue weighted by molar-refractivity contribution is -0.128. The summed E-state index contributed by atoms with van der Waals surface area (Å²) in [7, 11) is 0. The molecule has 0 spiro atoms. The Morgan fingerprint density at radius 1 is 1.04 bits per heavy atom. The Bertz CT molecular complexity index is 677. The number of amides is 2. The van der Waals surface area contributed by atoms with Gasteiger partial charge in [0.25, 0.3) is 5.91 Å². The summed E-state index contributed by atoms with van der Waals surface area (Å²) in [4.78, 5) is 27.2. The minimum absolute atomic E-state index is 0.000898. The number of nitrogens with one attached hydrogen (secondary N) is 1. The van der Waals surface area contributed by atoms with E-state index in [0.717, 1.165) is 36.8 Å². The largest absolute Gasteiger partial charge is 0.353 e. The molecule has 1 aromatic rings. The van der Waals surface area contributed by atoms with E-state index < -0.39 is 0 Å². The van der Waals surface area contributed by atoms with E-state index in [1.807, 2.05) is 36.1 Å². The second kappa shape index (κ2) is 7.03. The molecule has 4 atom stereocenters. The lowest BCUT2D eigenvalue weighted by atomic mass is 9.84. The molecule has 4 unspecified atom stereocenters. The summed E-state index contributed by atoms with van der Waals surface area (Å²) < 4.78 is 0. The lowest BCUT2D eigenvalue weighted by Gasteiger charge is -2.34. The van der Waals surface area contributed by atoms with Crippen molar-refractivity contribution in [2.45, 2.75) is 51.1 Å². The minimum atomic E-state index is 0.000898. The smallest absolute Gasteiger partial charge is 0.253 e. The van der Waals surface area contributed by atoms with Crippen LogP contribution < -0.4 is 11.1 Å². The number of rotatable bonds is 3. The standard InChI is InChI=1S/C21H29N3O2/c1-13-2-4-14(5-3-13)21(26)24-10-8-17(9-11-24)23-20(25)18-15-6-7-16(12-15)19(18)22/h2-5,15-19H,6-12,22H2,1H3,(H,23,25). The summed E-state index contributed by atoms with van der Waals surface area (Å²) in [6, 6.07) is 7.93. The van der Waals surface area contributed by atoms with Crippen molar-refractivity contribution in [2.75, 3.05) is 13.1 Å². The van der Waals surface area contributed by atoms with Gasteiger partial charge < -0.3 is 16.0 Å². The molecule has 3 N–H and O–H groups in total. The molecule has 5 heteroatoms. The number of benzene rings is 1. The van der Waals surface area contributed by atoms with E-state index in [2.05, 4.69) is 5.32 Å². The third-order valence-corrected chi connectivity index (χ3v) is 6.71. The van der Waals surface area contributed by atoms with Gasteiger partial charge in [-0.25, -0.2) is 0 Å². The maximum Gasteiger partial charge on any atom is 0.253 e. The van der Waals surface area contributed by atoms with Gasteiger partial charge in [0.05, 0.1) is 5.92 Å². The summed E-state index contributed by atoms with van der Waals surface area (Å²) >= 11 is 0. The van der Waals surface area contributed by atoms with Crippen LogP contribution in [0.25, 0.3) is 0 Å². The van der Waals surface area contributed by atoms with Crippen molar-refractivity contribution >= 4 is 11.8 Å². The van der Waals surface area contributed by atoms with Gasteiger partial charge in [-0.2, -0.15) is 0 Å². The van der Waals surface area contributed by atoms with Crippen molar-refractivity contribution in [2.24, 2.45) is 23.5 Å². The zero-order valence-corrected chi connectivity index (χ0v) is 15.5. The van der Waals surface area contributed by atoms with Crippen LogP contribution in [-0.4, -0.2) is 41.9 Å². The highest BCUT2D eigenvalue weighted by Crippen LogP contribution is 2.47. The van der Waals surface area contributed by atoms with Gasteiger partial charge in [-0.3, -0.25) is 9.59 Å². The number of likely N-dealkylation sites (tertiary alicyclic amines) is 1. The number of piperidine rings is 1. The van der Waals surface area contributed by atoms with Crippen LogP contribution in [0.5, 0.6) is 0 Å². The molecular weight excluding hydrogens is 326 g/mol. The molecule has 140 valence electrons. The van der Waals surface area contributed by atoms with E-state index in [1.54, 1.807) is 0 Å². The highest BCUT2D eigenvalue weighted by atomic mass is 16.2. The monoisotopic (exact) mass is 355 g/mol. The molecule has 1 saturated heterocycles. The van der Waals surface area contributed by atoms with Crippen LogP contribution >= 0.6 is 0 Å². The highest BCUT2D eigenvalue weighted by Gasteiger charge is 2.49. The first kappa shape index (κ1) is 17.5. The number of hydrogen-bond acceptors (Lipinski definition) is 3. The summed E-state index contributed by atoms with van der Waals surface area (Å²) in [5.74, 6) is 1.27. The van der Waals surface area contributed by atoms with Gasteiger partial charge in [0.1, 0.15) is 0 Å². The van der Waals surface area contributed by atoms with Crippen LogP contribution in [0.2, 0.25) is 0 Å². The first-order valence-electron chi connectivity index (χ1n) is 9.95. The van der Waals surface area contributed by atoms with E-state index in [9.17, 15) is 9.59 Å². The molecule has 26 heavy (non-hydrogen) atoms. The van der Waals surface area contributed by atoms with Crippen molar-refractivity contribution in [1.29, 1.82) is 0 Å². The molecule has 2 aliphatic carbocycles. The lowest BCUT2D eigenvalue weighted by Crippen LogP contribution is -2.51. The Kier molecular flexibility index (Phi) is 4.74. The van der Waals surface area contributed by atoms with Crippen LogP contribution in [0.3, 0.4) is 0 Å². The number of fused-ring (bicyclic) bond motifs is 2. The summed E-state index contributed by atoms with van der Waals surface area (Å²) in [6.07, 6.45) is 5.11. The van der Waals surface area contributed by atoms with E-state index >= 15 is 0 Å². The van der Waals surface area contributed by atoms with Crippen LogP contribution in [0.4, 0.5) is 0 Å². The van der Waals surface area contributed by atoms with Gasteiger partial charge in [-0.15, -0.1) is 0 Å². The van der Waals surface area contributed by atoms with Crippen molar-refractivity contribution in [3.05, 3.63) is 35.4 Å². The molecule has 2 bridgehead atoms. The van der Waals surface area contributed by atoms with E-state index in [-0.39, 0.29) is 29.8 Å². The number of nitrogens with zero attached hydrogens (tertiary/aromatic N) is 1. The average molecular weight is 355 g/mol. The Labute approximate surface area is 155 Å². The van der Waals surface area contributed by atoms with Crippen molar-refractivity contribution in [1.82, 2.24) is 10.2 Å². The van der Waals surface area contributed by atoms with Gasteiger partial charge >= 0.3 is 0 Å². The molecule has 2 amide bonds. The van der Waals surface area contributed by atoms with Gasteiger partial charge in [0, 0.05) is 30.7 Å². The topological polar surface area (TPSA) is 75.4 Å². The van der Waals surface area contributed by atoms with E-state index in [0.29, 0.717) is 24.9 Å². The van der Waals surface area contributed by atoms with Crippen LogP contribution in [0, 0.1) is 24.7 Å². The maximum absolute atomic E-state index is 12.7. The molecule has 1 aliphatic heterocycles. The molecule has 1 aromatic carbocycles. The number of hydrogen-bond donors (Lipinski definition) is 2. The molecule has 5 nitrogen and oxygen atoms in total. The highest BCUT2D eigenvalue weighted by molar-refractivity contribution is 5.94. The summed E-state index contributed by atoms with van der Waals surface area (Å²) in [6.45, 7) is 3.41. The summed E-state index contributed by atoms with van der Waals surface area (Å²) in [5, 5.41) is 3.23. The SMILES string of the molecule is Cc1ccc(C(=O)N2CCC(NC(=O)C3C4CCC(C4)C3N)CC2)cc1. The van der Waals surface area contributed by atoms with Gasteiger partial charge in [-0.05, 0) is 63.0 Å². The number of aryl methyl sites for hydroxylation is 1. The van der Waals surface area contributed by atoms with E-state index in [4.69, 9.17) is 5.73 Å². The fraction of sp³-hybridized carbons (Fsp3) is 0.619. The quantitative estimate of drug-likeness (QED) is 0.872. The fourth-order valence-corrected chi connectivity index (χ4v) is 5.13. The van der Waals surface area contributed by atoms with Gasteiger partial charge in [0.2, 0.25) is 5.91 Å². The van der Waals surface area contributed by atoms with Crippen molar-refractivity contribution < 1.29 is 9.59 Å². The molecule has 2 saturated carbocycles.